The summed E-state index contributed by atoms with van der Waals surface area (Å²) in [4.78, 5) is 11.4. The lowest BCUT2D eigenvalue weighted by Gasteiger charge is -2.16. The van der Waals surface area contributed by atoms with Gasteiger partial charge in [-0.2, -0.15) is 0 Å². The van der Waals surface area contributed by atoms with E-state index in [-0.39, 0.29) is 12.1 Å². The van der Waals surface area contributed by atoms with E-state index in [2.05, 4.69) is 12.2 Å². The molecule has 0 bridgehead atoms. The van der Waals surface area contributed by atoms with Crippen molar-refractivity contribution in [3.8, 4) is 0 Å². The zero-order valence-corrected chi connectivity index (χ0v) is 10.4. The van der Waals surface area contributed by atoms with Gasteiger partial charge in [0.25, 0.3) is 0 Å². The molecule has 1 atom stereocenters. The lowest BCUT2D eigenvalue weighted by atomic mass is 9.97. The van der Waals surface area contributed by atoms with Crippen LogP contribution < -0.4 is 0 Å². The van der Waals surface area contributed by atoms with E-state index in [9.17, 15) is 4.79 Å². The van der Waals surface area contributed by atoms with E-state index in [0.717, 1.165) is 24.8 Å². The molecule has 0 saturated heterocycles. The molecule has 3 nitrogen and oxygen atoms in total. The van der Waals surface area contributed by atoms with Gasteiger partial charge >= 0.3 is 5.97 Å². The van der Waals surface area contributed by atoms with Crippen molar-refractivity contribution in [3.63, 3.8) is 0 Å². The Balaban J connectivity index is 2.13. The van der Waals surface area contributed by atoms with E-state index in [0.29, 0.717) is 6.61 Å². The van der Waals surface area contributed by atoms with Gasteiger partial charge in [-0.25, -0.2) is 4.79 Å². The average Bonchev–Trinajstić information content (AvgIpc) is 2.72. The number of hydrogen-bond donors (Lipinski definition) is 0. The molecule has 17 heavy (non-hydrogen) atoms. The Hall–Kier alpha value is -1.35. The Morgan fingerprint density at radius 2 is 2.35 bits per heavy atom. The summed E-state index contributed by atoms with van der Waals surface area (Å²) in [6.07, 6.45) is 8.96. The maximum absolute atomic E-state index is 11.4. The van der Waals surface area contributed by atoms with Crippen LogP contribution in [-0.2, 0) is 14.3 Å². The van der Waals surface area contributed by atoms with Gasteiger partial charge in [-0.1, -0.05) is 12.2 Å². The number of esters is 1. The second-order valence-corrected chi connectivity index (χ2v) is 4.24. The van der Waals surface area contributed by atoms with Gasteiger partial charge < -0.3 is 9.47 Å². The first-order valence-electron chi connectivity index (χ1n) is 6.06. The van der Waals surface area contributed by atoms with E-state index in [1.165, 1.54) is 11.1 Å². The molecule has 1 fully saturated rings. The highest BCUT2D eigenvalue weighted by molar-refractivity contribution is 5.84. The number of fused-ring (bicyclic) bond motifs is 1. The number of carbonyl (C=O) groups excluding carboxylic acids is 1. The number of hydrogen-bond acceptors (Lipinski definition) is 3. The molecule has 0 amide bonds. The third-order valence-electron chi connectivity index (χ3n) is 3.18. The number of rotatable bonds is 3. The molecule has 92 valence electrons. The Morgan fingerprint density at radius 3 is 3.06 bits per heavy atom. The third-order valence-corrected chi connectivity index (χ3v) is 3.18. The van der Waals surface area contributed by atoms with Crippen molar-refractivity contribution in [2.75, 3.05) is 13.7 Å². The fraction of sp³-hybridized carbons (Fsp3) is 0.500. The number of methoxy groups -OCH3 is 1. The molecule has 1 saturated carbocycles. The Kier molecular flexibility index (Phi) is 3.79. The van der Waals surface area contributed by atoms with Gasteiger partial charge in [0.1, 0.15) is 0 Å². The van der Waals surface area contributed by atoms with E-state index in [4.69, 9.17) is 9.47 Å². The summed E-state index contributed by atoms with van der Waals surface area (Å²) in [5.41, 5.74) is 3.62. The first-order valence-corrected chi connectivity index (χ1v) is 6.06. The zero-order valence-electron chi connectivity index (χ0n) is 10.4. The van der Waals surface area contributed by atoms with E-state index < -0.39 is 0 Å². The van der Waals surface area contributed by atoms with Crippen LogP contribution in [0.2, 0.25) is 0 Å². The zero-order chi connectivity index (χ0) is 12.3. The molecule has 1 unspecified atom stereocenters. The maximum Gasteiger partial charge on any atom is 0.331 e. The highest BCUT2D eigenvalue weighted by atomic mass is 16.5. The molecule has 2 rings (SSSR count). The smallest absolute Gasteiger partial charge is 0.331 e. The molecule has 0 spiro atoms. The van der Waals surface area contributed by atoms with Crippen LogP contribution in [0.3, 0.4) is 0 Å². The van der Waals surface area contributed by atoms with Gasteiger partial charge in [0.15, 0.2) is 0 Å². The summed E-state index contributed by atoms with van der Waals surface area (Å²) in [5.74, 6) is -0.237. The fourth-order valence-corrected chi connectivity index (χ4v) is 2.35. The van der Waals surface area contributed by atoms with Crippen LogP contribution in [0.25, 0.3) is 0 Å². The number of carbonyl (C=O) groups is 1. The quantitative estimate of drug-likeness (QED) is 0.556. The molecule has 0 heterocycles. The lowest BCUT2D eigenvalue weighted by molar-refractivity contribution is -0.137. The van der Waals surface area contributed by atoms with E-state index >= 15 is 0 Å². The third kappa shape index (κ3) is 2.67. The van der Waals surface area contributed by atoms with Crippen LogP contribution in [0.4, 0.5) is 0 Å². The second-order valence-electron chi connectivity index (χ2n) is 4.24. The minimum atomic E-state index is -0.237. The molecule has 2 aliphatic rings. The van der Waals surface area contributed by atoms with Crippen LogP contribution in [0.1, 0.15) is 26.2 Å². The molecule has 0 aromatic heterocycles. The second kappa shape index (κ2) is 5.32. The maximum atomic E-state index is 11.4. The van der Waals surface area contributed by atoms with Crippen molar-refractivity contribution >= 4 is 5.97 Å². The van der Waals surface area contributed by atoms with Gasteiger partial charge in [-0.3, -0.25) is 0 Å². The van der Waals surface area contributed by atoms with Crippen molar-refractivity contribution in [2.24, 2.45) is 0 Å². The van der Waals surface area contributed by atoms with Gasteiger partial charge in [0.05, 0.1) is 12.7 Å². The molecule has 0 aromatic carbocycles. The first kappa shape index (κ1) is 12.1. The minimum absolute atomic E-state index is 0.190. The summed E-state index contributed by atoms with van der Waals surface area (Å²) >= 11 is 0. The van der Waals surface area contributed by atoms with Crippen molar-refractivity contribution in [1.82, 2.24) is 0 Å². The van der Waals surface area contributed by atoms with Gasteiger partial charge in [-0.05, 0) is 42.9 Å². The highest BCUT2D eigenvalue weighted by Crippen LogP contribution is 2.38. The van der Waals surface area contributed by atoms with Gasteiger partial charge in [0, 0.05) is 13.2 Å². The number of ether oxygens (including phenoxy) is 2. The van der Waals surface area contributed by atoms with Gasteiger partial charge in [-0.15, -0.1) is 0 Å². The van der Waals surface area contributed by atoms with Crippen molar-refractivity contribution in [3.05, 3.63) is 34.9 Å². The minimum Gasteiger partial charge on any atom is -0.463 e. The topological polar surface area (TPSA) is 35.5 Å². The predicted octanol–water partition coefficient (Wildman–Crippen LogP) is 2.54. The van der Waals surface area contributed by atoms with Crippen molar-refractivity contribution in [2.45, 2.75) is 32.3 Å². The van der Waals surface area contributed by atoms with Crippen LogP contribution in [0.15, 0.2) is 34.9 Å². The van der Waals surface area contributed by atoms with E-state index in [1.54, 1.807) is 13.2 Å². The average molecular weight is 234 g/mol. The summed E-state index contributed by atoms with van der Waals surface area (Å²) in [7, 11) is 1.73. The fourth-order valence-electron chi connectivity index (χ4n) is 2.35. The number of allylic oxidation sites excluding steroid dienone is 3. The molecule has 0 radical (unpaired) electrons. The van der Waals surface area contributed by atoms with Gasteiger partial charge in [0.2, 0.25) is 0 Å². The molecule has 2 aliphatic carbocycles. The van der Waals surface area contributed by atoms with Crippen molar-refractivity contribution < 1.29 is 14.3 Å². The molecular formula is C14H18O3. The Labute approximate surface area is 102 Å². The normalized spacial score (nSPS) is 25.3. The summed E-state index contributed by atoms with van der Waals surface area (Å²) < 4.78 is 10.3. The largest absolute Gasteiger partial charge is 0.463 e. The SMILES string of the molecule is CCOC(=O)/C=C1\CCC2=CC(OC)CC=C21. The molecule has 0 aliphatic heterocycles. The molecule has 0 aromatic rings. The molecular weight excluding hydrogens is 216 g/mol. The monoisotopic (exact) mass is 234 g/mol. The summed E-state index contributed by atoms with van der Waals surface area (Å²) in [6.45, 7) is 2.25. The standard InChI is InChI=1S/C14H18O3/c1-3-17-14(15)9-11-5-4-10-8-12(16-2)6-7-13(10)11/h7-9,12H,3-6H2,1-2H3/b11-9+. The summed E-state index contributed by atoms with van der Waals surface area (Å²) in [5, 5.41) is 0. The van der Waals surface area contributed by atoms with Crippen molar-refractivity contribution in [1.29, 1.82) is 0 Å². The molecule has 3 heteroatoms. The van der Waals surface area contributed by atoms with Crippen LogP contribution in [-0.4, -0.2) is 25.8 Å². The molecule has 0 N–H and O–H groups in total. The summed E-state index contributed by atoms with van der Waals surface area (Å²) in [6, 6.07) is 0. The van der Waals surface area contributed by atoms with Crippen LogP contribution in [0, 0.1) is 0 Å². The first-order chi connectivity index (χ1) is 8.24. The van der Waals surface area contributed by atoms with Crippen LogP contribution in [0.5, 0.6) is 0 Å². The Bertz CT molecular complexity index is 402. The Morgan fingerprint density at radius 1 is 1.53 bits per heavy atom. The highest BCUT2D eigenvalue weighted by Gasteiger charge is 2.24. The van der Waals surface area contributed by atoms with E-state index in [1.807, 2.05) is 6.92 Å². The van der Waals surface area contributed by atoms with Crippen LogP contribution >= 0.6 is 0 Å². The predicted molar refractivity (Wildman–Crippen MR) is 65.5 cm³/mol. The lowest BCUT2D eigenvalue weighted by Crippen LogP contribution is -2.10.